The number of anilines is 1. The first-order valence-electron chi connectivity index (χ1n) is 6.92. The number of thioether (sulfide) groups is 1. The van der Waals surface area contributed by atoms with Crippen molar-refractivity contribution >= 4 is 34.3 Å². The van der Waals surface area contributed by atoms with E-state index in [4.69, 9.17) is 5.11 Å². The van der Waals surface area contributed by atoms with Gasteiger partial charge in [0, 0.05) is 10.6 Å². The highest BCUT2D eigenvalue weighted by Gasteiger charge is 2.07. The van der Waals surface area contributed by atoms with E-state index in [0.29, 0.717) is 5.69 Å². The molecule has 0 aliphatic rings. The fourth-order valence-electron chi connectivity index (χ4n) is 2.38. The number of hydrogen-bond acceptors (Lipinski definition) is 2. The van der Waals surface area contributed by atoms with Crippen LogP contribution in [0.3, 0.4) is 0 Å². The number of nitrogens with one attached hydrogen (secondary N) is 1. The van der Waals surface area contributed by atoms with Crippen LogP contribution in [0.15, 0.2) is 71.6 Å². The molecule has 0 aromatic heterocycles. The normalized spacial score (nSPS) is 10.5. The van der Waals surface area contributed by atoms with E-state index >= 15 is 0 Å². The number of benzene rings is 3. The number of fused-ring (bicyclic) bond motifs is 1. The Morgan fingerprint density at radius 1 is 0.955 bits per heavy atom. The van der Waals surface area contributed by atoms with Crippen molar-refractivity contribution in [3.05, 3.63) is 72.3 Å². The van der Waals surface area contributed by atoms with Gasteiger partial charge in [-0.3, -0.25) is 5.32 Å². The van der Waals surface area contributed by atoms with Crippen LogP contribution in [-0.4, -0.2) is 11.2 Å². The predicted molar refractivity (Wildman–Crippen MR) is 91.6 cm³/mol. The third kappa shape index (κ3) is 3.23. The average Bonchev–Trinajstić information content (AvgIpc) is 2.53. The molecular weight excluding hydrogens is 294 g/mol. The lowest BCUT2D eigenvalue weighted by atomic mass is 10.1. The SMILES string of the molecule is O=C(O)Nc1ccccc1SCc1cccc2ccccc12. The van der Waals surface area contributed by atoms with E-state index in [1.807, 2.05) is 30.3 Å². The minimum Gasteiger partial charge on any atom is -0.465 e. The first kappa shape index (κ1) is 14.5. The quantitative estimate of drug-likeness (QED) is 0.649. The molecule has 0 saturated heterocycles. The second-order valence-corrected chi connectivity index (χ2v) is 5.87. The second-order valence-electron chi connectivity index (χ2n) is 4.85. The molecule has 3 aromatic carbocycles. The fourth-order valence-corrected chi connectivity index (χ4v) is 3.40. The molecule has 0 heterocycles. The van der Waals surface area contributed by atoms with Gasteiger partial charge in [0.1, 0.15) is 0 Å². The molecule has 0 unspecified atom stereocenters. The van der Waals surface area contributed by atoms with E-state index in [0.717, 1.165) is 10.6 Å². The summed E-state index contributed by atoms with van der Waals surface area (Å²) in [7, 11) is 0. The third-order valence-corrected chi connectivity index (χ3v) is 4.51. The zero-order chi connectivity index (χ0) is 15.4. The molecule has 110 valence electrons. The van der Waals surface area contributed by atoms with Crippen molar-refractivity contribution in [2.45, 2.75) is 10.6 Å². The second kappa shape index (κ2) is 6.54. The Labute approximate surface area is 133 Å². The van der Waals surface area contributed by atoms with Crippen LogP contribution < -0.4 is 5.32 Å². The Morgan fingerprint density at radius 3 is 2.55 bits per heavy atom. The summed E-state index contributed by atoms with van der Waals surface area (Å²) in [6.45, 7) is 0. The van der Waals surface area contributed by atoms with Gasteiger partial charge in [-0.05, 0) is 28.5 Å². The number of rotatable bonds is 4. The Balaban J connectivity index is 1.84. The van der Waals surface area contributed by atoms with Crippen LogP contribution in [0, 0.1) is 0 Å². The molecule has 0 saturated carbocycles. The van der Waals surface area contributed by atoms with E-state index in [1.165, 1.54) is 16.3 Å². The maximum Gasteiger partial charge on any atom is 0.409 e. The molecule has 0 radical (unpaired) electrons. The molecular formula is C18H15NO2S. The summed E-state index contributed by atoms with van der Waals surface area (Å²) in [4.78, 5) is 11.8. The van der Waals surface area contributed by atoms with Crippen molar-refractivity contribution in [1.82, 2.24) is 0 Å². The highest BCUT2D eigenvalue weighted by molar-refractivity contribution is 7.98. The summed E-state index contributed by atoms with van der Waals surface area (Å²) in [5, 5.41) is 13.8. The minimum absolute atomic E-state index is 0.625. The first-order chi connectivity index (χ1) is 10.7. The topological polar surface area (TPSA) is 49.3 Å². The Bertz CT molecular complexity index is 812. The van der Waals surface area contributed by atoms with Gasteiger partial charge in [-0.1, -0.05) is 54.6 Å². The van der Waals surface area contributed by atoms with Crippen LogP contribution in [0.2, 0.25) is 0 Å². The maximum absolute atomic E-state index is 10.8. The van der Waals surface area contributed by atoms with E-state index in [9.17, 15) is 4.79 Å². The number of para-hydroxylation sites is 1. The number of hydrogen-bond donors (Lipinski definition) is 2. The van der Waals surface area contributed by atoms with Crippen LogP contribution in [0.1, 0.15) is 5.56 Å². The van der Waals surface area contributed by atoms with Crippen molar-refractivity contribution in [1.29, 1.82) is 0 Å². The average molecular weight is 309 g/mol. The van der Waals surface area contributed by atoms with E-state index in [1.54, 1.807) is 17.8 Å². The number of carbonyl (C=O) groups is 1. The van der Waals surface area contributed by atoms with Gasteiger partial charge >= 0.3 is 6.09 Å². The van der Waals surface area contributed by atoms with Gasteiger partial charge in [0.2, 0.25) is 0 Å². The molecule has 0 fully saturated rings. The molecule has 0 bridgehead atoms. The molecule has 4 heteroatoms. The number of amides is 1. The van der Waals surface area contributed by atoms with E-state index in [-0.39, 0.29) is 0 Å². The lowest BCUT2D eigenvalue weighted by molar-refractivity contribution is 0.209. The minimum atomic E-state index is -1.04. The van der Waals surface area contributed by atoms with E-state index < -0.39 is 6.09 Å². The van der Waals surface area contributed by atoms with Gasteiger partial charge < -0.3 is 5.11 Å². The molecule has 3 aromatic rings. The predicted octanol–water partition coefficient (Wildman–Crippen LogP) is 5.22. The maximum atomic E-state index is 10.8. The van der Waals surface area contributed by atoms with Crippen LogP contribution in [0.4, 0.5) is 10.5 Å². The zero-order valence-corrected chi connectivity index (χ0v) is 12.6. The monoisotopic (exact) mass is 309 g/mol. The first-order valence-corrected chi connectivity index (χ1v) is 7.91. The lowest BCUT2D eigenvalue weighted by Gasteiger charge is -2.10. The Kier molecular flexibility index (Phi) is 4.30. The number of carboxylic acid groups (broad SMARTS) is 1. The van der Waals surface area contributed by atoms with Crippen molar-refractivity contribution in [3.63, 3.8) is 0 Å². The fraction of sp³-hybridized carbons (Fsp3) is 0.0556. The zero-order valence-electron chi connectivity index (χ0n) is 11.8. The highest BCUT2D eigenvalue weighted by Crippen LogP contribution is 2.31. The molecule has 22 heavy (non-hydrogen) atoms. The van der Waals surface area contributed by atoms with Gasteiger partial charge in [-0.2, -0.15) is 0 Å². The van der Waals surface area contributed by atoms with Crippen molar-refractivity contribution in [3.8, 4) is 0 Å². The van der Waals surface area contributed by atoms with Gasteiger partial charge in [-0.25, -0.2) is 4.79 Å². The molecule has 1 amide bonds. The molecule has 2 N–H and O–H groups in total. The summed E-state index contributed by atoms with van der Waals surface area (Å²) in [5.74, 6) is 0.791. The molecule has 3 rings (SSSR count). The standard InChI is InChI=1S/C18H15NO2S/c20-18(21)19-16-10-3-4-11-17(16)22-12-14-8-5-7-13-6-1-2-9-15(13)14/h1-11,19H,12H2,(H,20,21). The van der Waals surface area contributed by atoms with Gasteiger partial charge in [-0.15, -0.1) is 11.8 Å². The summed E-state index contributed by atoms with van der Waals surface area (Å²) in [6, 6.07) is 22.0. The molecule has 0 atom stereocenters. The van der Waals surface area contributed by atoms with Crippen molar-refractivity contribution in [2.24, 2.45) is 0 Å². The Morgan fingerprint density at radius 2 is 1.68 bits per heavy atom. The van der Waals surface area contributed by atoms with Gasteiger partial charge in [0.15, 0.2) is 0 Å². The smallest absolute Gasteiger partial charge is 0.409 e. The van der Waals surface area contributed by atoms with Crippen molar-refractivity contribution < 1.29 is 9.90 Å². The summed E-state index contributed by atoms with van der Waals surface area (Å²) in [6.07, 6.45) is -1.04. The van der Waals surface area contributed by atoms with E-state index in [2.05, 4.69) is 35.6 Å². The van der Waals surface area contributed by atoms with Crippen molar-refractivity contribution in [2.75, 3.05) is 5.32 Å². The summed E-state index contributed by atoms with van der Waals surface area (Å²) < 4.78 is 0. The van der Waals surface area contributed by atoms with Gasteiger partial charge in [0.25, 0.3) is 0 Å². The highest BCUT2D eigenvalue weighted by atomic mass is 32.2. The molecule has 0 aliphatic carbocycles. The molecule has 0 spiro atoms. The van der Waals surface area contributed by atoms with Crippen LogP contribution in [-0.2, 0) is 5.75 Å². The molecule has 3 nitrogen and oxygen atoms in total. The molecule has 0 aliphatic heterocycles. The summed E-state index contributed by atoms with van der Waals surface area (Å²) in [5.41, 5.74) is 1.87. The van der Waals surface area contributed by atoms with Crippen LogP contribution in [0.5, 0.6) is 0 Å². The lowest BCUT2D eigenvalue weighted by Crippen LogP contribution is -2.07. The third-order valence-electron chi connectivity index (χ3n) is 3.39. The summed E-state index contributed by atoms with van der Waals surface area (Å²) >= 11 is 1.63. The van der Waals surface area contributed by atoms with Crippen LogP contribution >= 0.6 is 11.8 Å². The largest absolute Gasteiger partial charge is 0.465 e. The van der Waals surface area contributed by atoms with Gasteiger partial charge in [0.05, 0.1) is 5.69 Å². The van der Waals surface area contributed by atoms with Crippen LogP contribution in [0.25, 0.3) is 10.8 Å². The Hall–Kier alpha value is -2.46.